The molecule has 2 heterocycles. The Morgan fingerprint density at radius 3 is 2.49 bits per heavy atom. The molecule has 47 heavy (non-hydrogen) atoms. The number of carbonyl (C=O) groups excluding carboxylic acids is 3. The molecule has 2 aromatic rings. The van der Waals surface area contributed by atoms with Crippen LogP contribution < -0.4 is 4.74 Å². The number of rotatable bonds is 6. The van der Waals surface area contributed by atoms with Crippen molar-refractivity contribution >= 4 is 23.2 Å². The number of Topliss-reactive ketones (excluding diaryl/α,β-unsaturated/α-hetero) is 1. The first-order valence-electron chi connectivity index (χ1n) is 15.5. The average molecular weight is 655 g/mol. The van der Waals surface area contributed by atoms with Crippen molar-refractivity contribution in [3.05, 3.63) is 51.6 Å². The van der Waals surface area contributed by atoms with E-state index >= 15 is 0 Å². The number of aliphatic hydroxyl groups excluding tert-OH is 2. The van der Waals surface area contributed by atoms with Gasteiger partial charge in [-0.25, -0.2) is 0 Å². The number of methoxy groups -OCH3 is 1. The van der Waals surface area contributed by atoms with Gasteiger partial charge in [0.1, 0.15) is 35.6 Å². The molecule has 2 aliphatic heterocycles. The first-order valence-corrected chi connectivity index (χ1v) is 15.5. The summed E-state index contributed by atoms with van der Waals surface area (Å²) in [7, 11) is 1.33. The Labute approximate surface area is 270 Å². The Hall–Kier alpha value is -3.92. The highest BCUT2D eigenvalue weighted by Gasteiger charge is 2.50. The summed E-state index contributed by atoms with van der Waals surface area (Å²) < 4.78 is 23.0. The lowest BCUT2D eigenvalue weighted by molar-refractivity contribution is -0.247. The molecule has 2 aliphatic carbocycles. The van der Waals surface area contributed by atoms with Crippen LogP contribution in [0, 0.1) is 0 Å². The van der Waals surface area contributed by atoms with E-state index in [1.807, 2.05) is 11.8 Å². The number of phenolic OH excluding ortho intramolecular Hbond substituents is 2. The van der Waals surface area contributed by atoms with Crippen LogP contribution >= 0.6 is 0 Å². The van der Waals surface area contributed by atoms with Crippen molar-refractivity contribution in [3.8, 4) is 17.2 Å². The average Bonchev–Trinajstić information content (AvgIpc) is 3.06. The Balaban J connectivity index is 1.41. The lowest BCUT2D eigenvalue weighted by atomic mass is 9.72. The van der Waals surface area contributed by atoms with E-state index < -0.39 is 95.7 Å². The summed E-state index contributed by atoms with van der Waals surface area (Å²) in [5, 5.41) is 55.4. The van der Waals surface area contributed by atoms with Gasteiger partial charge in [0.15, 0.2) is 17.9 Å². The Bertz CT molecular complexity index is 1650. The minimum atomic E-state index is -2.27. The predicted octanol–water partition coefficient (Wildman–Crippen LogP) is 0.793. The van der Waals surface area contributed by atoms with Crippen molar-refractivity contribution in [1.29, 1.82) is 0 Å². The first-order chi connectivity index (χ1) is 22.4. The van der Waals surface area contributed by atoms with E-state index in [1.165, 1.54) is 25.3 Å². The van der Waals surface area contributed by atoms with E-state index in [4.69, 9.17) is 23.9 Å². The van der Waals surface area contributed by atoms with Crippen molar-refractivity contribution in [1.82, 2.24) is 4.90 Å². The minimum absolute atomic E-state index is 0.0467. The monoisotopic (exact) mass is 654 g/mol. The van der Waals surface area contributed by atoms with Gasteiger partial charge in [0, 0.05) is 49.0 Å². The summed E-state index contributed by atoms with van der Waals surface area (Å²) >= 11 is 0. The van der Waals surface area contributed by atoms with Crippen molar-refractivity contribution in [2.45, 2.75) is 69.4 Å². The molecule has 252 valence electrons. The molecule has 5 N–H and O–H groups in total. The molecule has 6 atom stereocenters. The first kappa shape index (κ1) is 33.0. The Morgan fingerprint density at radius 2 is 1.81 bits per heavy atom. The molecule has 0 spiro atoms. The van der Waals surface area contributed by atoms with Gasteiger partial charge in [-0.3, -0.25) is 19.4 Å². The SMILES string of the molecule is COc1cccc2c1C(=O)c1c(O)c3c(c(O)c1C2=O)CC(O)(C(=O)CO)C[C@@H]3OC1C[C@H](N=C(C)N2CCOCC2)[C@H](O)C(C)O1. The number of hydrogen-bond acceptors (Lipinski definition) is 13. The maximum atomic E-state index is 13.9. The molecule has 0 aromatic heterocycles. The fourth-order valence-electron chi connectivity index (χ4n) is 7.03. The van der Waals surface area contributed by atoms with E-state index in [1.54, 1.807) is 6.92 Å². The number of benzene rings is 2. The molecule has 2 saturated heterocycles. The number of carbonyl (C=O) groups is 3. The number of aromatic hydroxyl groups is 2. The fourth-order valence-corrected chi connectivity index (χ4v) is 7.03. The quantitative estimate of drug-likeness (QED) is 0.142. The zero-order valence-corrected chi connectivity index (χ0v) is 26.3. The van der Waals surface area contributed by atoms with E-state index in [0.29, 0.717) is 32.1 Å². The number of nitrogens with zero attached hydrogens (tertiary/aromatic N) is 2. The molecule has 14 nitrogen and oxygen atoms in total. The summed E-state index contributed by atoms with van der Waals surface area (Å²) in [5.41, 5.74) is -3.64. The van der Waals surface area contributed by atoms with E-state index in [2.05, 4.69) is 0 Å². The second-order valence-electron chi connectivity index (χ2n) is 12.3. The van der Waals surface area contributed by atoms with Gasteiger partial charge in [-0.15, -0.1) is 0 Å². The van der Waals surface area contributed by atoms with Crippen molar-refractivity contribution in [2.24, 2.45) is 4.99 Å². The summed E-state index contributed by atoms with van der Waals surface area (Å²) in [4.78, 5) is 47.2. The van der Waals surface area contributed by atoms with Gasteiger partial charge in [-0.05, 0) is 19.9 Å². The molecule has 4 aliphatic rings. The summed E-state index contributed by atoms with van der Waals surface area (Å²) in [6.45, 7) is 4.84. The molecule has 14 heteroatoms. The number of fused-ring (bicyclic) bond motifs is 3. The third-order valence-electron chi connectivity index (χ3n) is 9.55. The highest BCUT2D eigenvalue weighted by molar-refractivity contribution is 6.31. The molecular formula is C33H38N2O12. The number of aliphatic hydroxyl groups is 3. The van der Waals surface area contributed by atoms with E-state index in [0.717, 1.165) is 0 Å². The van der Waals surface area contributed by atoms with Gasteiger partial charge in [-0.2, -0.15) is 0 Å². The van der Waals surface area contributed by atoms with Crippen LogP contribution in [0.2, 0.25) is 0 Å². The number of morpholine rings is 1. The standard InChI is InChI=1S/C33H38N2O12/c1-15-28(38)19(34-16(2)35-7-9-45-10-8-35)11-23(46-15)47-21-13-33(43,22(37)14-36)12-18-25(21)32(42)27-26(30(18)40)29(39)17-5-4-6-20(44-3)24(17)31(27)41/h4-6,15,19,21,23,28,36,38,40,42-43H,7-14H2,1-3H3/t15?,19-,21-,23?,28+,33?/m0/s1. The molecule has 0 bridgehead atoms. The number of hydrogen-bond donors (Lipinski definition) is 5. The highest BCUT2D eigenvalue weighted by Crippen LogP contribution is 2.52. The number of amidine groups is 1. The maximum absolute atomic E-state index is 13.9. The summed E-state index contributed by atoms with van der Waals surface area (Å²) in [5.74, 6) is -3.07. The predicted molar refractivity (Wildman–Crippen MR) is 163 cm³/mol. The number of ketones is 3. The Kier molecular flexibility index (Phi) is 8.84. The van der Waals surface area contributed by atoms with Gasteiger partial charge in [-0.1, -0.05) is 12.1 Å². The second-order valence-corrected chi connectivity index (χ2v) is 12.3. The van der Waals surface area contributed by atoms with Crippen LogP contribution in [0.15, 0.2) is 23.2 Å². The Morgan fingerprint density at radius 1 is 1.11 bits per heavy atom. The van der Waals surface area contributed by atoms with Crippen LogP contribution in [0.5, 0.6) is 17.2 Å². The van der Waals surface area contributed by atoms with E-state index in [-0.39, 0.29) is 34.4 Å². The van der Waals surface area contributed by atoms with Crippen LogP contribution in [-0.4, -0.2) is 124 Å². The molecule has 2 fully saturated rings. The molecule has 3 unspecified atom stereocenters. The largest absolute Gasteiger partial charge is 0.507 e. The van der Waals surface area contributed by atoms with Crippen molar-refractivity contribution in [3.63, 3.8) is 0 Å². The van der Waals surface area contributed by atoms with Gasteiger partial charge < -0.3 is 49.4 Å². The molecule has 0 radical (unpaired) electrons. The fraction of sp³-hybridized carbons (Fsp3) is 0.515. The molecule has 0 amide bonds. The maximum Gasteiger partial charge on any atom is 0.202 e. The van der Waals surface area contributed by atoms with Crippen LogP contribution in [0.1, 0.15) is 75.8 Å². The topological polar surface area (TPSA) is 205 Å². The molecule has 0 saturated carbocycles. The van der Waals surface area contributed by atoms with Crippen LogP contribution in [0.4, 0.5) is 0 Å². The van der Waals surface area contributed by atoms with E-state index in [9.17, 15) is 39.9 Å². The third-order valence-corrected chi connectivity index (χ3v) is 9.55. The third kappa shape index (κ3) is 5.58. The van der Waals surface area contributed by atoms with Crippen molar-refractivity contribution in [2.75, 3.05) is 40.0 Å². The number of phenols is 2. The van der Waals surface area contributed by atoms with Gasteiger partial charge in [0.05, 0.1) is 61.1 Å². The zero-order chi connectivity index (χ0) is 33.8. The van der Waals surface area contributed by atoms with Crippen LogP contribution in [0.25, 0.3) is 0 Å². The number of ether oxygens (including phenoxy) is 4. The van der Waals surface area contributed by atoms with Gasteiger partial charge in [0.25, 0.3) is 0 Å². The zero-order valence-electron chi connectivity index (χ0n) is 26.3. The van der Waals surface area contributed by atoms with Crippen LogP contribution in [0.3, 0.4) is 0 Å². The van der Waals surface area contributed by atoms with Gasteiger partial charge in [0.2, 0.25) is 5.78 Å². The van der Waals surface area contributed by atoms with Gasteiger partial charge >= 0.3 is 0 Å². The minimum Gasteiger partial charge on any atom is -0.507 e. The molecular weight excluding hydrogens is 616 g/mol. The number of aliphatic imine (C=N–C) groups is 1. The highest BCUT2D eigenvalue weighted by atomic mass is 16.7. The smallest absolute Gasteiger partial charge is 0.202 e. The summed E-state index contributed by atoms with van der Waals surface area (Å²) in [6, 6.07) is 3.73. The summed E-state index contributed by atoms with van der Waals surface area (Å²) in [6.07, 6.45) is -5.20. The lowest BCUT2D eigenvalue weighted by Gasteiger charge is -2.42. The second kappa shape index (κ2) is 12.6. The normalized spacial score (nSPS) is 29.2. The lowest BCUT2D eigenvalue weighted by Crippen LogP contribution is -2.50. The molecule has 2 aromatic carbocycles. The van der Waals surface area contributed by atoms with Crippen LogP contribution in [-0.2, 0) is 25.4 Å². The van der Waals surface area contributed by atoms with Crippen molar-refractivity contribution < 1.29 is 58.9 Å². The molecule has 6 rings (SSSR count).